The summed E-state index contributed by atoms with van der Waals surface area (Å²) in [6.07, 6.45) is 2.30. The van der Waals surface area contributed by atoms with Crippen LogP contribution in [-0.4, -0.2) is 27.5 Å². The van der Waals surface area contributed by atoms with Crippen LogP contribution in [0.2, 0.25) is 0 Å². The van der Waals surface area contributed by atoms with E-state index in [-0.39, 0.29) is 11.5 Å². The van der Waals surface area contributed by atoms with Crippen molar-refractivity contribution in [3.63, 3.8) is 0 Å². The first kappa shape index (κ1) is 15.1. The highest BCUT2D eigenvalue weighted by Crippen LogP contribution is 2.28. The molecule has 5 heteroatoms. The van der Waals surface area contributed by atoms with E-state index in [9.17, 15) is 9.90 Å². The zero-order chi connectivity index (χ0) is 15.4. The Kier molecular flexibility index (Phi) is 4.62. The van der Waals surface area contributed by atoms with Crippen LogP contribution in [0.4, 0.5) is 0 Å². The minimum absolute atomic E-state index is 0.0397. The van der Waals surface area contributed by atoms with Crippen LogP contribution in [0, 0.1) is 0 Å². The van der Waals surface area contributed by atoms with Crippen molar-refractivity contribution in [2.45, 2.75) is 33.1 Å². The average molecular weight is 288 g/mol. The lowest BCUT2D eigenvalue weighted by Crippen LogP contribution is -2.10. The Labute approximate surface area is 124 Å². The van der Waals surface area contributed by atoms with E-state index in [4.69, 9.17) is 4.74 Å². The fourth-order valence-electron chi connectivity index (χ4n) is 2.24. The third kappa shape index (κ3) is 3.07. The number of hydrogen-bond donors (Lipinski definition) is 1. The number of benzene rings is 1. The Balaban J connectivity index is 2.54. The smallest absolute Gasteiger partial charge is 0.339 e. The Morgan fingerprint density at radius 1 is 1.38 bits per heavy atom. The number of aromatic carboxylic acids is 1. The number of aromatic nitrogens is 2. The fourth-order valence-corrected chi connectivity index (χ4v) is 2.24. The van der Waals surface area contributed by atoms with Gasteiger partial charge in [-0.05, 0) is 24.5 Å². The van der Waals surface area contributed by atoms with E-state index in [0.29, 0.717) is 18.1 Å². The summed E-state index contributed by atoms with van der Waals surface area (Å²) in [5.41, 5.74) is 1.67. The molecule has 0 radical (unpaired) electrons. The van der Waals surface area contributed by atoms with Gasteiger partial charge in [0.15, 0.2) is 0 Å². The zero-order valence-electron chi connectivity index (χ0n) is 12.5. The molecule has 0 aliphatic rings. The van der Waals surface area contributed by atoms with Crippen molar-refractivity contribution in [2.75, 3.05) is 6.61 Å². The monoisotopic (exact) mass is 288 g/mol. The van der Waals surface area contributed by atoms with Crippen molar-refractivity contribution in [1.29, 1.82) is 0 Å². The first-order valence-corrected chi connectivity index (χ1v) is 7.09. The number of rotatable bonds is 6. The van der Waals surface area contributed by atoms with Crippen LogP contribution < -0.4 is 4.74 Å². The van der Waals surface area contributed by atoms with Crippen LogP contribution in [0.15, 0.2) is 30.5 Å². The van der Waals surface area contributed by atoms with Crippen LogP contribution in [0.25, 0.3) is 5.69 Å². The van der Waals surface area contributed by atoms with Gasteiger partial charge in [0, 0.05) is 0 Å². The lowest BCUT2D eigenvalue weighted by atomic mass is 10.1. The predicted molar refractivity (Wildman–Crippen MR) is 80.4 cm³/mol. The van der Waals surface area contributed by atoms with Gasteiger partial charge in [-0.25, -0.2) is 9.48 Å². The van der Waals surface area contributed by atoms with Gasteiger partial charge in [0.05, 0.1) is 18.5 Å². The molecule has 0 amide bonds. The molecule has 1 heterocycles. The van der Waals surface area contributed by atoms with Crippen LogP contribution in [0.1, 0.15) is 49.2 Å². The summed E-state index contributed by atoms with van der Waals surface area (Å²) in [5.74, 6) is -0.212. The molecule has 112 valence electrons. The second-order valence-corrected chi connectivity index (χ2v) is 5.13. The summed E-state index contributed by atoms with van der Waals surface area (Å²) < 4.78 is 7.40. The van der Waals surface area contributed by atoms with Gasteiger partial charge < -0.3 is 9.84 Å². The van der Waals surface area contributed by atoms with Gasteiger partial charge >= 0.3 is 5.97 Å². The zero-order valence-corrected chi connectivity index (χ0v) is 12.5. The van der Waals surface area contributed by atoms with Gasteiger partial charge in [-0.3, -0.25) is 0 Å². The van der Waals surface area contributed by atoms with Gasteiger partial charge in [0.25, 0.3) is 0 Å². The lowest BCUT2D eigenvalue weighted by Gasteiger charge is -2.15. The van der Waals surface area contributed by atoms with E-state index in [1.807, 2.05) is 45.0 Å². The number of nitrogens with zero attached hydrogens (tertiary/aromatic N) is 2. The molecule has 21 heavy (non-hydrogen) atoms. The van der Waals surface area contributed by atoms with E-state index in [0.717, 1.165) is 12.1 Å². The number of carboxylic acid groups (broad SMARTS) is 1. The van der Waals surface area contributed by atoms with Crippen LogP contribution in [0.5, 0.6) is 5.75 Å². The molecule has 1 aromatic heterocycles. The highest BCUT2D eigenvalue weighted by atomic mass is 16.5. The van der Waals surface area contributed by atoms with Gasteiger partial charge in [-0.15, -0.1) is 0 Å². The van der Waals surface area contributed by atoms with Gasteiger partial charge in [0.2, 0.25) is 0 Å². The average Bonchev–Trinajstić information content (AvgIpc) is 2.90. The van der Waals surface area contributed by atoms with E-state index in [2.05, 4.69) is 5.10 Å². The molecule has 2 rings (SSSR count). The SMILES string of the molecule is CCCOc1ccccc1-n1ncc(C(=O)O)c1C(C)C. The maximum atomic E-state index is 11.3. The molecule has 5 nitrogen and oxygen atoms in total. The molecular weight excluding hydrogens is 268 g/mol. The molecule has 0 aliphatic carbocycles. The van der Waals surface area contributed by atoms with Crippen LogP contribution >= 0.6 is 0 Å². The number of hydrogen-bond acceptors (Lipinski definition) is 3. The quantitative estimate of drug-likeness (QED) is 0.883. The Morgan fingerprint density at radius 3 is 2.71 bits per heavy atom. The molecule has 1 aromatic carbocycles. The van der Waals surface area contributed by atoms with E-state index < -0.39 is 5.97 Å². The minimum Gasteiger partial charge on any atom is -0.491 e. The van der Waals surface area contributed by atoms with Gasteiger partial charge in [-0.1, -0.05) is 32.9 Å². The molecule has 0 unspecified atom stereocenters. The predicted octanol–water partition coefficient (Wildman–Crippen LogP) is 3.48. The highest BCUT2D eigenvalue weighted by molar-refractivity contribution is 5.89. The third-order valence-corrected chi connectivity index (χ3v) is 3.14. The Hall–Kier alpha value is -2.30. The topological polar surface area (TPSA) is 64.4 Å². The molecular formula is C16H20N2O3. The van der Waals surface area contributed by atoms with Crippen molar-refractivity contribution in [3.05, 3.63) is 41.7 Å². The fraction of sp³-hybridized carbons (Fsp3) is 0.375. The maximum absolute atomic E-state index is 11.3. The first-order valence-electron chi connectivity index (χ1n) is 7.09. The second kappa shape index (κ2) is 6.43. The maximum Gasteiger partial charge on any atom is 0.339 e. The van der Waals surface area contributed by atoms with Crippen molar-refractivity contribution in [2.24, 2.45) is 0 Å². The Bertz CT molecular complexity index is 632. The molecule has 0 saturated carbocycles. The van der Waals surface area contributed by atoms with Crippen molar-refractivity contribution in [1.82, 2.24) is 9.78 Å². The molecule has 1 N–H and O–H groups in total. The standard InChI is InChI=1S/C16H20N2O3/c1-4-9-21-14-8-6-5-7-13(14)18-15(11(2)3)12(10-17-18)16(19)20/h5-8,10-11H,4,9H2,1-3H3,(H,19,20). The number of para-hydroxylation sites is 2. The Morgan fingerprint density at radius 2 is 2.10 bits per heavy atom. The number of carboxylic acids is 1. The largest absolute Gasteiger partial charge is 0.491 e. The molecule has 0 aliphatic heterocycles. The summed E-state index contributed by atoms with van der Waals surface area (Å²) >= 11 is 0. The van der Waals surface area contributed by atoms with Crippen molar-refractivity contribution >= 4 is 5.97 Å². The minimum atomic E-state index is -0.961. The molecule has 0 bridgehead atoms. The van der Waals surface area contributed by atoms with E-state index in [1.165, 1.54) is 6.20 Å². The third-order valence-electron chi connectivity index (χ3n) is 3.14. The lowest BCUT2D eigenvalue weighted by molar-refractivity contribution is 0.0695. The summed E-state index contributed by atoms with van der Waals surface area (Å²) in [7, 11) is 0. The van der Waals surface area contributed by atoms with E-state index >= 15 is 0 Å². The summed E-state index contributed by atoms with van der Waals surface area (Å²) in [6.45, 7) is 6.56. The van der Waals surface area contributed by atoms with Crippen LogP contribution in [-0.2, 0) is 0 Å². The molecule has 0 fully saturated rings. The van der Waals surface area contributed by atoms with E-state index in [1.54, 1.807) is 4.68 Å². The molecule has 0 spiro atoms. The van der Waals surface area contributed by atoms with Crippen molar-refractivity contribution < 1.29 is 14.6 Å². The summed E-state index contributed by atoms with van der Waals surface area (Å²) in [5, 5.41) is 13.6. The van der Waals surface area contributed by atoms with Crippen LogP contribution in [0.3, 0.4) is 0 Å². The van der Waals surface area contributed by atoms with Gasteiger partial charge in [-0.2, -0.15) is 5.10 Å². The highest BCUT2D eigenvalue weighted by Gasteiger charge is 2.21. The first-order chi connectivity index (χ1) is 10.1. The normalized spacial score (nSPS) is 10.9. The number of carbonyl (C=O) groups is 1. The van der Waals surface area contributed by atoms with Crippen molar-refractivity contribution in [3.8, 4) is 11.4 Å². The van der Waals surface area contributed by atoms with Gasteiger partial charge in [0.1, 0.15) is 17.0 Å². The summed E-state index contributed by atoms with van der Waals surface area (Å²) in [4.78, 5) is 11.3. The molecule has 0 saturated heterocycles. The second-order valence-electron chi connectivity index (χ2n) is 5.13. The molecule has 0 atom stereocenters. The number of ether oxygens (including phenoxy) is 1. The summed E-state index contributed by atoms with van der Waals surface area (Å²) in [6, 6.07) is 7.54. The molecule has 2 aromatic rings.